The van der Waals surface area contributed by atoms with Crippen molar-refractivity contribution in [1.29, 1.82) is 0 Å². The summed E-state index contributed by atoms with van der Waals surface area (Å²) in [6, 6.07) is 4.72. The van der Waals surface area contributed by atoms with Crippen LogP contribution in [0.1, 0.15) is 37.5 Å². The number of aryl methyl sites for hydroxylation is 1. The molecule has 2 unspecified atom stereocenters. The van der Waals surface area contributed by atoms with Crippen LogP contribution in [0.3, 0.4) is 0 Å². The third-order valence-electron chi connectivity index (χ3n) is 3.49. The highest BCUT2D eigenvalue weighted by Crippen LogP contribution is 2.23. The first-order chi connectivity index (χ1) is 9.47. The molecule has 2 N–H and O–H groups in total. The second kappa shape index (κ2) is 8.35. The average Bonchev–Trinajstić information content (AvgIpc) is 2.41. The Bertz CT molecular complexity index is 409. The van der Waals surface area contributed by atoms with E-state index < -0.39 is 6.10 Å². The fourth-order valence-electron chi connectivity index (χ4n) is 2.26. The van der Waals surface area contributed by atoms with Gasteiger partial charge < -0.3 is 15.2 Å². The van der Waals surface area contributed by atoms with Gasteiger partial charge in [-0.05, 0) is 43.0 Å². The van der Waals surface area contributed by atoms with E-state index in [1.54, 1.807) is 26.2 Å². The first-order valence-corrected chi connectivity index (χ1v) is 7.13. The molecule has 0 saturated heterocycles. The summed E-state index contributed by atoms with van der Waals surface area (Å²) in [5.74, 6) is 0.0352. The van der Waals surface area contributed by atoms with Crippen LogP contribution in [0.25, 0.3) is 0 Å². The van der Waals surface area contributed by atoms with Gasteiger partial charge in [0.05, 0.1) is 6.10 Å². The van der Waals surface area contributed by atoms with E-state index in [9.17, 15) is 9.50 Å². The van der Waals surface area contributed by atoms with Crippen molar-refractivity contribution in [2.24, 2.45) is 5.92 Å². The fourth-order valence-corrected chi connectivity index (χ4v) is 2.26. The van der Waals surface area contributed by atoms with Gasteiger partial charge in [0, 0.05) is 19.8 Å². The van der Waals surface area contributed by atoms with Gasteiger partial charge in [0.25, 0.3) is 0 Å². The standard InChI is InChI=1S/C16H26FNO2/c1-11(2)15(18-8-5-9-20-4)16(19)13-6-7-14(17)12(3)10-13/h6-7,10-11,15-16,18-19H,5,8-9H2,1-4H3. The third-order valence-corrected chi connectivity index (χ3v) is 3.49. The summed E-state index contributed by atoms with van der Waals surface area (Å²) >= 11 is 0. The number of hydrogen-bond acceptors (Lipinski definition) is 3. The lowest BCUT2D eigenvalue weighted by Crippen LogP contribution is -2.40. The molecular weight excluding hydrogens is 257 g/mol. The van der Waals surface area contributed by atoms with Crippen molar-refractivity contribution >= 4 is 0 Å². The van der Waals surface area contributed by atoms with E-state index in [2.05, 4.69) is 19.2 Å². The summed E-state index contributed by atoms with van der Waals surface area (Å²) in [6.45, 7) is 7.32. The molecule has 0 aliphatic carbocycles. The normalized spacial score (nSPS) is 14.6. The van der Waals surface area contributed by atoms with Crippen molar-refractivity contribution in [3.8, 4) is 0 Å². The number of methoxy groups -OCH3 is 1. The number of nitrogens with one attached hydrogen (secondary N) is 1. The Hall–Kier alpha value is -0.970. The van der Waals surface area contributed by atoms with Crippen LogP contribution in [0.15, 0.2) is 18.2 Å². The van der Waals surface area contributed by atoms with Crippen molar-refractivity contribution < 1.29 is 14.2 Å². The van der Waals surface area contributed by atoms with E-state index in [1.165, 1.54) is 6.07 Å². The van der Waals surface area contributed by atoms with E-state index in [1.807, 2.05) is 0 Å². The van der Waals surface area contributed by atoms with Crippen molar-refractivity contribution in [1.82, 2.24) is 5.32 Å². The van der Waals surface area contributed by atoms with Gasteiger partial charge in [-0.25, -0.2) is 4.39 Å². The lowest BCUT2D eigenvalue weighted by molar-refractivity contribution is 0.102. The minimum absolute atomic E-state index is 0.0586. The monoisotopic (exact) mass is 283 g/mol. The summed E-state index contributed by atoms with van der Waals surface area (Å²) in [4.78, 5) is 0. The van der Waals surface area contributed by atoms with E-state index in [0.29, 0.717) is 12.2 Å². The van der Waals surface area contributed by atoms with Gasteiger partial charge in [0.1, 0.15) is 5.82 Å². The minimum atomic E-state index is -0.642. The predicted molar refractivity (Wildman–Crippen MR) is 79.2 cm³/mol. The van der Waals surface area contributed by atoms with Crippen LogP contribution in [0.2, 0.25) is 0 Å². The maximum absolute atomic E-state index is 13.3. The highest BCUT2D eigenvalue weighted by molar-refractivity contribution is 5.26. The summed E-state index contributed by atoms with van der Waals surface area (Å²) in [5.41, 5.74) is 1.31. The molecule has 1 aromatic rings. The number of aliphatic hydroxyl groups excluding tert-OH is 1. The molecule has 1 rings (SSSR count). The van der Waals surface area contributed by atoms with E-state index in [4.69, 9.17) is 4.74 Å². The Labute approximate surface area is 121 Å². The third kappa shape index (κ3) is 4.85. The molecule has 4 heteroatoms. The lowest BCUT2D eigenvalue weighted by atomic mass is 9.92. The van der Waals surface area contributed by atoms with Crippen LogP contribution < -0.4 is 5.32 Å². The van der Waals surface area contributed by atoms with E-state index >= 15 is 0 Å². The van der Waals surface area contributed by atoms with Crippen LogP contribution >= 0.6 is 0 Å². The molecule has 0 aliphatic heterocycles. The Morgan fingerprint density at radius 3 is 2.60 bits per heavy atom. The second-order valence-electron chi connectivity index (χ2n) is 5.52. The smallest absolute Gasteiger partial charge is 0.126 e. The molecule has 0 amide bonds. The quantitative estimate of drug-likeness (QED) is 0.721. The molecule has 1 aromatic carbocycles. The molecule has 0 aromatic heterocycles. The molecule has 0 bridgehead atoms. The van der Waals surface area contributed by atoms with Crippen LogP contribution in [-0.2, 0) is 4.74 Å². The molecule has 0 radical (unpaired) electrons. The second-order valence-corrected chi connectivity index (χ2v) is 5.52. The Morgan fingerprint density at radius 2 is 2.05 bits per heavy atom. The predicted octanol–water partition coefficient (Wildman–Crippen LogP) is 2.82. The highest BCUT2D eigenvalue weighted by atomic mass is 19.1. The molecule has 0 aliphatic rings. The first-order valence-electron chi connectivity index (χ1n) is 7.13. The van der Waals surface area contributed by atoms with Crippen LogP contribution in [0.5, 0.6) is 0 Å². The zero-order chi connectivity index (χ0) is 15.1. The van der Waals surface area contributed by atoms with Gasteiger partial charge in [-0.1, -0.05) is 26.0 Å². The number of halogens is 1. The Kier molecular flexibility index (Phi) is 7.13. The average molecular weight is 283 g/mol. The first kappa shape index (κ1) is 17.1. The van der Waals surface area contributed by atoms with Gasteiger partial charge in [-0.2, -0.15) is 0 Å². The van der Waals surface area contributed by atoms with Crippen LogP contribution in [0, 0.1) is 18.7 Å². The van der Waals surface area contributed by atoms with Gasteiger partial charge in [0.15, 0.2) is 0 Å². The molecule has 114 valence electrons. The highest BCUT2D eigenvalue weighted by Gasteiger charge is 2.23. The number of ether oxygens (including phenoxy) is 1. The number of aliphatic hydroxyl groups is 1. The minimum Gasteiger partial charge on any atom is -0.387 e. The molecule has 0 heterocycles. The van der Waals surface area contributed by atoms with Crippen molar-refractivity contribution in [2.75, 3.05) is 20.3 Å². The molecule has 0 saturated carbocycles. The SMILES string of the molecule is COCCCNC(C(C)C)C(O)c1ccc(F)c(C)c1. The molecule has 0 spiro atoms. The Morgan fingerprint density at radius 1 is 1.35 bits per heavy atom. The summed E-state index contributed by atoms with van der Waals surface area (Å²) in [7, 11) is 1.68. The summed E-state index contributed by atoms with van der Waals surface area (Å²) in [6.07, 6.45) is 0.256. The van der Waals surface area contributed by atoms with Gasteiger partial charge in [0.2, 0.25) is 0 Å². The zero-order valence-electron chi connectivity index (χ0n) is 12.8. The van der Waals surface area contributed by atoms with Gasteiger partial charge in [-0.15, -0.1) is 0 Å². The molecule has 3 nitrogen and oxygen atoms in total. The molecule has 0 fully saturated rings. The number of hydrogen-bond donors (Lipinski definition) is 2. The fraction of sp³-hybridized carbons (Fsp3) is 0.625. The summed E-state index contributed by atoms with van der Waals surface area (Å²) < 4.78 is 18.3. The maximum atomic E-state index is 13.3. The van der Waals surface area contributed by atoms with E-state index in [0.717, 1.165) is 18.5 Å². The van der Waals surface area contributed by atoms with Crippen molar-refractivity contribution in [3.05, 3.63) is 35.1 Å². The lowest BCUT2D eigenvalue weighted by Gasteiger charge is -2.28. The van der Waals surface area contributed by atoms with Crippen LogP contribution in [-0.4, -0.2) is 31.4 Å². The molecular formula is C16H26FNO2. The van der Waals surface area contributed by atoms with Gasteiger partial charge in [-0.3, -0.25) is 0 Å². The topological polar surface area (TPSA) is 41.5 Å². The van der Waals surface area contributed by atoms with Crippen LogP contribution in [0.4, 0.5) is 4.39 Å². The summed E-state index contributed by atoms with van der Waals surface area (Å²) in [5, 5.41) is 13.9. The van der Waals surface area contributed by atoms with Gasteiger partial charge >= 0.3 is 0 Å². The molecule has 2 atom stereocenters. The van der Waals surface area contributed by atoms with E-state index in [-0.39, 0.29) is 17.8 Å². The Balaban J connectivity index is 2.72. The van der Waals surface area contributed by atoms with Crippen molar-refractivity contribution in [2.45, 2.75) is 39.3 Å². The maximum Gasteiger partial charge on any atom is 0.126 e. The number of rotatable bonds is 8. The zero-order valence-corrected chi connectivity index (χ0v) is 12.8. The largest absolute Gasteiger partial charge is 0.387 e. The van der Waals surface area contributed by atoms with Crippen molar-refractivity contribution in [3.63, 3.8) is 0 Å². The number of benzene rings is 1. The molecule has 20 heavy (non-hydrogen) atoms.